The summed E-state index contributed by atoms with van der Waals surface area (Å²) in [5.74, 6) is -1.23. The van der Waals surface area contributed by atoms with Crippen LogP contribution >= 0.6 is 23.2 Å². The van der Waals surface area contributed by atoms with Crippen LogP contribution in [0.15, 0.2) is 36.4 Å². The van der Waals surface area contributed by atoms with E-state index in [4.69, 9.17) is 41.8 Å². The first-order chi connectivity index (χ1) is 11.0. The predicted molar refractivity (Wildman–Crippen MR) is 80.7 cm³/mol. The number of carbonyl (C=O) groups is 2. The van der Waals surface area contributed by atoms with Crippen molar-refractivity contribution in [2.45, 2.75) is 0 Å². The van der Waals surface area contributed by atoms with Crippen molar-refractivity contribution in [2.75, 3.05) is 0 Å². The van der Waals surface area contributed by atoms with E-state index in [1.54, 1.807) is 0 Å². The van der Waals surface area contributed by atoms with Crippen molar-refractivity contribution in [2.24, 2.45) is 0 Å². The van der Waals surface area contributed by atoms with E-state index in [1.165, 1.54) is 36.4 Å². The molecule has 0 fully saturated rings. The Morgan fingerprint density at radius 2 is 1.13 bits per heavy atom. The van der Waals surface area contributed by atoms with E-state index < -0.39 is 18.9 Å². The third-order valence-corrected chi connectivity index (χ3v) is 3.84. The molecule has 0 aromatic heterocycles. The third kappa shape index (κ3) is 2.29. The normalized spacial score (nSPS) is 17.3. The van der Waals surface area contributed by atoms with Crippen LogP contribution in [-0.2, 0) is 9.31 Å². The summed E-state index contributed by atoms with van der Waals surface area (Å²) in [6.45, 7) is -3.08. The Morgan fingerprint density at radius 1 is 0.696 bits per heavy atom. The predicted octanol–water partition coefficient (Wildman–Crippen LogP) is 3.23. The van der Waals surface area contributed by atoms with Crippen molar-refractivity contribution in [3.63, 3.8) is 0 Å². The number of carbonyl (C=O) groups excluding carboxylic acids is 2. The summed E-state index contributed by atoms with van der Waals surface area (Å²) in [6.07, 6.45) is 0. The highest BCUT2D eigenvalue weighted by molar-refractivity contribution is 6.61. The molecular weight excluding hydrogens is 346 g/mol. The van der Waals surface area contributed by atoms with Gasteiger partial charge in [0.05, 0.1) is 22.6 Å². The summed E-state index contributed by atoms with van der Waals surface area (Å²) in [7, 11) is 0. The summed E-state index contributed by atoms with van der Waals surface area (Å²) in [5.41, 5.74) is 0.234. The molecule has 9 heteroatoms. The van der Waals surface area contributed by atoms with Gasteiger partial charge in [0, 0.05) is 10.0 Å². The summed E-state index contributed by atoms with van der Waals surface area (Å²) in [4.78, 5) is 24.3. The molecule has 1 spiro atoms. The van der Waals surface area contributed by atoms with Gasteiger partial charge in [0.2, 0.25) is 0 Å². The standard InChI is InChI=1S/C14H6BCl2O6/c16-7-1-3-11-9(5-7)13(18)22-15(20-11)21-12-4-2-8(17)6-10(12)14(19)23-15/h1-6H/q-1. The van der Waals surface area contributed by atoms with Crippen LogP contribution in [-0.4, -0.2) is 18.9 Å². The fourth-order valence-corrected chi connectivity index (χ4v) is 2.72. The number of hydrogen-bond acceptors (Lipinski definition) is 6. The van der Waals surface area contributed by atoms with Crippen molar-refractivity contribution < 1.29 is 28.2 Å². The van der Waals surface area contributed by atoms with Gasteiger partial charge in [-0.1, -0.05) is 23.2 Å². The summed E-state index contributed by atoms with van der Waals surface area (Å²) in [6, 6.07) is 8.77. The molecule has 23 heavy (non-hydrogen) atoms. The molecule has 4 rings (SSSR count). The van der Waals surface area contributed by atoms with E-state index >= 15 is 0 Å². The number of hydrogen-bond donors (Lipinski definition) is 0. The number of benzene rings is 2. The highest BCUT2D eigenvalue weighted by Crippen LogP contribution is 2.37. The van der Waals surface area contributed by atoms with Crippen LogP contribution in [0, 0.1) is 0 Å². The lowest BCUT2D eigenvalue weighted by Crippen LogP contribution is -2.61. The summed E-state index contributed by atoms with van der Waals surface area (Å²) in [5, 5.41) is 0.684. The minimum Gasteiger partial charge on any atom is -0.610 e. The fraction of sp³-hybridized carbons (Fsp3) is 0. The number of rotatable bonds is 0. The molecule has 2 aromatic rings. The maximum absolute atomic E-state index is 12.1. The molecule has 2 heterocycles. The van der Waals surface area contributed by atoms with Crippen LogP contribution < -0.4 is 9.31 Å². The van der Waals surface area contributed by atoms with Crippen LogP contribution in [0.1, 0.15) is 20.7 Å². The summed E-state index contributed by atoms with van der Waals surface area (Å²) < 4.78 is 21.2. The van der Waals surface area contributed by atoms with E-state index in [9.17, 15) is 9.59 Å². The Morgan fingerprint density at radius 3 is 1.57 bits per heavy atom. The first-order valence-corrected chi connectivity index (χ1v) is 7.28. The molecule has 0 bridgehead atoms. The SMILES string of the molecule is O=C1O[B-]2(OC(=O)c3cc(Cl)ccc3O2)Oc2ccc(Cl)cc21. The van der Waals surface area contributed by atoms with Gasteiger partial charge in [0.1, 0.15) is 0 Å². The highest BCUT2D eigenvalue weighted by atomic mass is 35.5. The molecule has 0 amide bonds. The van der Waals surface area contributed by atoms with E-state index in [-0.39, 0.29) is 22.6 Å². The first-order valence-electron chi connectivity index (χ1n) is 6.52. The Labute approximate surface area is 139 Å². The van der Waals surface area contributed by atoms with Gasteiger partial charge in [-0.05, 0) is 36.4 Å². The minimum atomic E-state index is -3.08. The van der Waals surface area contributed by atoms with Gasteiger partial charge in [0.15, 0.2) is 0 Å². The smallest absolute Gasteiger partial charge is 0.610 e. The molecule has 2 aliphatic heterocycles. The average molecular weight is 352 g/mol. The second-order valence-corrected chi connectivity index (χ2v) is 5.78. The van der Waals surface area contributed by atoms with Crippen molar-refractivity contribution in [1.82, 2.24) is 0 Å². The molecular formula is C14H6BCl2O6-. The number of fused-ring (bicyclic) bond motifs is 2. The average Bonchev–Trinajstić information content (AvgIpc) is 2.49. The lowest BCUT2D eigenvalue weighted by atomic mass is 9.96. The zero-order chi connectivity index (χ0) is 16.2. The Balaban J connectivity index is 1.76. The maximum Gasteiger partial charge on any atom is 0.781 e. The van der Waals surface area contributed by atoms with Gasteiger partial charge in [-0.3, -0.25) is 9.59 Å². The van der Waals surface area contributed by atoms with Crippen LogP contribution in [0.3, 0.4) is 0 Å². The zero-order valence-electron chi connectivity index (χ0n) is 11.2. The molecule has 0 saturated carbocycles. The van der Waals surface area contributed by atoms with Crippen molar-refractivity contribution in [1.29, 1.82) is 0 Å². The van der Waals surface area contributed by atoms with Gasteiger partial charge in [-0.2, -0.15) is 0 Å². The van der Waals surface area contributed by atoms with Gasteiger partial charge in [0.25, 0.3) is 0 Å². The molecule has 2 aliphatic rings. The van der Waals surface area contributed by atoms with Gasteiger partial charge >= 0.3 is 18.9 Å². The highest BCUT2D eigenvalue weighted by Gasteiger charge is 2.52. The molecule has 2 aromatic carbocycles. The molecule has 0 saturated heterocycles. The van der Waals surface area contributed by atoms with Crippen molar-refractivity contribution >= 4 is 42.1 Å². The van der Waals surface area contributed by atoms with Gasteiger partial charge in [-0.15, -0.1) is 0 Å². The van der Waals surface area contributed by atoms with E-state index in [0.717, 1.165) is 0 Å². The van der Waals surface area contributed by atoms with Crippen molar-refractivity contribution in [3.05, 3.63) is 57.6 Å². The zero-order valence-corrected chi connectivity index (χ0v) is 12.8. The summed E-state index contributed by atoms with van der Waals surface area (Å²) >= 11 is 11.7. The van der Waals surface area contributed by atoms with E-state index in [2.05, 4.69) is 0 Å². The van der Waals surface area contributed by atoms with E-state index in [1.807, 2.05) is 0 Å². The fourth-order valence-electron chi connectivity index (χ4n) is 2.37. The van der Waals surface area contributed by atoms with Crippen molar-refractivity contribution in [3.8, 4) is 11.5 Å². The van der Waals surface area contributed by atoms with Gasteiger partial charge < -0.3 is 18.6 Å². The topological polar surface area (TPSA) is 71.1 Å². The Kier molecular flexibility index (Phi) is 2.98. The monoisotopic (exact) mass is 351 g/mol. The molecule has 0 radical (unpaired) electrons. The quantitative estimate of drug-likeness (QED) is 0.678. The molecule has 0 aliphatic carbocycles. The van der Waals surface area contributed by atoms with E-state index in [0.29, 0.717) is 10.0 Å². The minimum absolute atomic E-state index is 0.117. The van der Waals surface area contributed by atoms with Crippen LogP contribution in [0.25, 0.3) is 0 Å². The van der Waals surface area contributed by atoms with Crippen LogP contribution in [0.4, 0.5) is 0 Å². The second kappa shape index (κ2) is 4.81. The maximum atomic E-state index is 12.1. The largest absolute Gasteiger partial charge is 0.781 e. The molecule has 0 N–H and O–H groups in total. The molecule has 116 valence electrons. The first kappa shape index (κ1) is 14.2. The molecule has 6 nitrogen and oxygen atoms in total. The second-order valence-electron chi connectivity index (χ2n) is 4.90. The Bertz CT molecular complexity index is 797. The molecule has 0 atom stereocenters. The number of halogens is 2. The lowest BCUT2D eigenvalue weighted by Gasteiger charge is -2.45. The van der Waals surface area contributed by atoms with Crippen LogP contribution in [0.2, 0.25) is 10.0 Å². The molecule has 0 unspecified atom stereocenters. The van der Waals surface area contributed by atoms with Crippen LogP contribution in [0.5, 0.6) is 11.5 Å². The Hall–Kier alpha value is -2.38. The van der Waals surface area contributed by atoms with Gasteiger partial charge in [-0.25, -0.2) is 0 Å². The third-order valence-electron chi connectivity index (χ3n) is 3.37. The lowest BCUT2D eigenvalue weighted by molar-refractivity contribution is 0.0178.